The summed E-state index contributed by atoms with van der Waals surface area (Å²) >= 11 is 0. The molecule has 0 aromatic rings. The molecule has 0 aromatic carbocycles. The lowest BCUT2D eigenvalue weighted by molar-refractivity contribution is 0.0835. The summed E-state index contributed by atoms with van der Waals surface area (Å²) in [7, 11) is 0. The van der Waals surface area contributed by atoms with Crippen LogP contribution in [-0.2, 0) is 0 Å². The fourth-order valence-corrected chi connectivity index (χ4v) is 2.41. The Morgan fingerprint density at radius 3 is 2.92 bits per heavy atom. The molecule has 1 aliphatic carbocycles. The first-order valence-corrected chi connectivity index (χ1v) is 5.09. The summed E-state index contributed by atoms with van der Waals surface area (Å²) in [6.45, 7) is 1.50. The van der Waals surface area contributed by atoms with Crippen LogP contribution in [0, 0.1) is 5.92 Å². The molecular formula is C10H20FNO. The number of hydrogen-bond donors (Lipinski definition) is 2. The monoisotopic (exact) mass is 189 g/mol. The van der Waals surface area contributed by atoms with Crippen LogP contribution in [-0.4, -0.2) is 23.4 Å². The van der Waals surface area contributed by atoms with E-state index in [9.17, 15) is 9.50 Å². The van der Waals surface area contributed by atoms with E-state index in [1.165, 1.54) is 6.42 Å². The Balaban J connectivity index is 2.44. The number of rotatable bonds is 3. The van der Waals surface area contributed by atoms with Crippen LogP contribution in [0.3, 0.4) is 0 Å². The van der Waals surface area contributed by atoms with Crippen molar-refractivity contribution >= 4 is 0 Å². The summed E-state index contributed by atoms with van der Waals surface area (Å²) in [5.41, 5.74) is 5.78. The predicted octanol–water partition coefficient (Wildman–Crippen LogP) is 1.61. The van der Waals surface area contributed by atoms with Gasteiger partial charge in [0, 0.05) is 5.54 Å². The second kappa shape index (κ2) is 4.38. The van der Waals surface area contributed by atoms with Crippen molar-refractivity contribution in [3.63, 3.8) is 0 Å². The van der Waals surface area contributed by atoms with Gasteiger partial charge in [0.25, 0.3) is 0 Å². The van der Waals surface area contributed by atoms with E-state index in [1.807, 2.05) is 0 Å². The Labute approximate surface area is 79.3 Å². The molecule has 3 heteroatoms. The van der Waals surface area contributed by atoms with Gasteiger partial charge < -0.3 is 10.8 Å². The molecule has 0 spiro atoms. The van der Waals surface area contributed by atoms with Crippen LogP contribution in [0.2, 0.25) is 0 Å². The molecule has 0 saturated heterocycles. The highest BCUT2D eigenvalue weighted by atomic mass is 19.1. The molecule has 1 fully saturated rings. The molecule has 1 saturated carbocycles. The van der Waals surface area contributed by atoms with Crippen LogP contribution in [0.15, 0.2) is 0 Å². The molecule has 0 bridgehead atoms. The lowest BCUT2D eigenvalue weighted by atomic mass is 9.74. The Morgan fingerprint density at radius 2 is 2.38 bits per heavy atom. The lowest BCUT2D eigenvalue weighted by Gasteiger charge is -2.37. The van der Waals surface area contributed by atoms with Gasteiger partial charge in [0.05, 0.1) is 6.10 Å². The number of hydrogen-bond acceptors (Lipinski definition) is 2. The molecule has 2 nitrogen and oxygen atoms in total. The molecule has 0 aliphatic heterocycles. The van der Waals surface area contributed by atoms with Crippen LogP contribution in [0.1, 0.15) is 39.0 Å². The Kier molecular flexibility index (Phi) is 3.68. The summed E-state index contributed by atoms with van der Waals surface area (Å²) in [5.74, 6) is 0.616. The minimum Gasteiger partial charge on any atom is -0.390 e. The average molecular weight is 189 g/mol. The van der Waals surface area contributed by atoms with E-state index in [2.05, 4.69) is 6.92 Å². The van der Waals surface area contributed by atoms with Gasteiger partial charge in [-0.25, -0.2) is 4.39 Å². The number of nitrogens with two attached hydrogens (primary N) is 1. The zero-order valence-corrected chi connectivity index (χ0v) is 8.30. The summed E-state index contributed by atoms with van der Waals surface area (Å²) < 4.78 is 12.1. The lowest BCUT2D eigenvalue weighted by Crippen LogP contribution is -2.46. The molecule has 3 N–H and O–H groups in total. The largest absolute Gasteiger partial charge is 0.390 e. The van der Waals surface area contributed by atoms with Crippen molar-refractivity contribution < 1.29 is 9.50 Å². The van der Waals surface area contributed by atoms with Crippen molar-refractivity contribution in [1.82, 2.24) is 0 Å². The van der Waals surface area contributed by atoms with E-state index in [0.29, 0.717) is 12.3 Å². The molecule has 3 atom stereocenters. The standard InChI is InChI=1S/C10H20FNO/c1-8-3-2-4-10(12,5-8)6-9(13)7-11/h8-9,13H,2-7,12H2,1H3. The third-order valence-electron chi connectivity index (χ3n) is 2.95. The van der Waals surface area contributed by atoms with Crippen molar-refractivity contribution in [2.75, 3.05) is 6.67 Å². The van der Waals surface area contributed by atoms with Gasteiger partial charge in [0.1, 0.15) is 6.67 Å². The maximum Gasteiger partial charge on any atom is 0.115 e. The van der Waals surface area contributed by atoms with E-state index in [0.717, 1.165) is 19.3 Å². The molecule has 0 aromatic heterocycles. The molecule has 1 aliphatic rings. The Hall–Kier alpha value is -0.150. The van der Waals surface area contributed by atoms with Gasteiger partial charge in [-0.1, -0.05) is 19.8 Å². The van der Waals surface area contributed by atoms with Gasteiger partial charge in [-0.05, 0) is 25.2 Å². The van der Waals surface area contributed by atoms with Crippen molar-refractivity contribution in [3.8, 4) is 0 Å². The summed E-state index contributed by atoms with van der Waals surface area (Å²) in [4.78, 5) is 0. The smallest absolute Gasteiger partial charge is 0.115 e. The number of alkyl halides is 1. The predicted molar refractivity (Wildman–Crippen MR) is 51.1 cm³/mol. The molecule has 78 valence electrons. The second-order valence-corrected chi connectivity index (χ2v) is 4.58. The van der Waals surface area contributed by atoms with Gasteiger partial charge in [-0.15, -0.1) is 0 Å². The van der Waals surface area contributed by atoms with E-state index in [1.54, 1.807) is 0 Å². The summed E-state index contributed by atoms with van der Waals surface area (Å²) in [5, 5.41) is 9.21. The quantitative estimate of drug-likeness (QED) is 0.708. The molecule has 3 unspecified atom stereocenters. The Morgan fingerprint density at radius 1 is 1.69 bits per heavy atom. The van der Waals surface area contributed by atoms with Crippen LogP contribution in [0.25, 0.3) is 0 Å². The first kappa shape index (κ1) is 10.9. The van der Waals surface area contributed by atoms with Gasteiger partial charge in [0.2, 0.25) is 0 Å². The molecule has 13 heavy (non-hydrogen) atoms. The van der Waals surface area contributed by atoms with E-state index < -0.39 is 12.8 Å². The molecule has 0 amide bonds. The van der Waals surface area contributed by atoms with Gasteiger partial charge in [-0.3, -0.25) is 0 Å². The first-order valence-electron chi connectivity index (χ1n) is 5.09. The SMILES string of the molecule is CC1CCCC(N)(CC(O)CF)C1. The van der Waals surface area contributed by atoms with Crippen LogP contribution in [0.5, 0.6) is 0 Å². The second-order valence-electron chi connectivity index (χ2n) is 4.58. The molecule has 1 rings (SSSR count). The molecular weight excluding hydrogens is 169 g/mol. The maximum atomic E-state index is 12.1. The average Bonchev–Trinajstić information content (AvgIpc) is 2.02. The zero-order valence-electron chi connectivity index (χ0n) is 8.30. The number of halogens is 1. The van der Waals surface area contributed by atoms with Crippen LogP contribution < -0.4 is 5.73 Å². The fourth-order valence-electron chi connectivity index (χ4n) is 2.41. The normalized spacial score (nSPS) is 37.4. The zero-order chi connectivity index (χ0) is 9.90. The van der Waals surface area contributed by atoms with Crippen LogP contribution >= 0.6 is 0 Å². The van der Waals surface area contributed by atoms with Gasteiger partial charge in [-0.2, -0.15) is 0 Å². The highest BCUT2D eigenvalue weighted by molar-refractivity contribution is 4.91. The van der Waals surface area contributed by atoms with E-state index in [4.69, 9.17) is 5.73 Å². The number of aliphatic hydroxyl groups excluding tert-OH is 1. The van der Waals surface area contributed by atoms with Crippen molar-refractivity contribution in [2.45, 2.75) is 50.7 Å². The maximum absolute atomic E-state index is 12.1. The minimum absolute atomic E-state index is 0.316. The van der Waals surface area contributed by atoms with Crippen molar-refractivity contribution in [1.29, 1.82) is 0 Å². The molecule has 0 heterocycles. The van der Waals surface area contributed by atoms with Crippen molar-refractivity contribution in [3.05, 3.63) is 0 Å². The Bertz CT molecular complexity index is 165. The highest BCUT2D eigenvalue weighted by Gasteiger charge is 2.32. The number of aliphatic hydroxyl groups is 1. The van der Waals surface area contributed by atoms with Crippen LogP contribution in [0.4, 0.5) is 4.39 Å². The van der Waals surface area contributed by atoms with Gasteiger partial charge in [0.15, 0.2) is 0 Å². The van der Waals surface area contributed by atoms with Crippen molar-refractivity contribution in [2.24, 2.45) is 11.7 Å². The molecule has 0 radical (unpaired) electrons. The fraction of sp³-hybridized carbons (Fsp3) is 1.00. The van der Waals surface area contributed by atoms with E-state index in [-0.39, 0.29) is 5.54 Å². The summed E-state index contributed by atoms with van der Waals surface area (Å²) in [6, 6.07) is 0. The van der Waals surface area contributed by atoms with E-state index >= 15 is 0 Å². The highest BCUT2D eigenvalue weighted by Crippen LogP contribution is 2.33. The third kappa shape index (κ3) is 3.24. The topological polar surface area (TPSA) is 46.2 Å². The third-order valence-corrected chi connectivity index (χ3v) is 2.95. The minimum atomic E-state index is -0.865. The summed E-state index contributed by atoms with van der Waals surface area (Å²) in [6.07, 6.45) is 3.71. The first-order chi connectivity index (χ1) is 6.06. The van der Waals surface area contributed by atoms with Gasteiger partial charge >= 0.3 is 0 Å².